The van der Waals surface area contributed by atoms with Crippen molar-refractivity contribution in [1.82, 2.24) is 14.8 Å². The van der Waals surface area contributed by atoms with E-state index in [1.165, 1.54) is 0 Å². The van der Waals surface area contributed by atoms with E-state index in [9.17, 15) is 9.59 Å². The molecule has 2 heterocycles. The molecule has 0 bridgehead atoms. The number of nitrogens with one attached hydrogen (secondary N) is 1. The van der Waals surface area contributed by atoms with Crippen molar-refractivity contribution in [2.24, 2.45) is 0 Å². The number of aryl methyl sites for hydroxylation is 2. The molecule has 1 fully saturated rings. The largest absolute Gasteiger partial charge is 0.336 e. The highest BCUT2D eigenvalue weighted by atomic mass is 16.2. The van der Waals surface area contributed by atoms with Crippen LogP contribution in [-0.2, 0) is 6.54 Å². The summed E-state index contributed by atoms with van der Waals surface area (Å²) < 4.78 is 1.66. The summed E-state index contributed by atoms with van der Waals surface area (Å²) in [4.78, 5) is 26.7. The molecule has 1 aliphatic heterocycles. The summed E-state index contributed by atoms with van der Waals surface area (Å²) in [5.41, 5.74) is 1.84. The van der Waals surface area contributed by atoms with Gasteiger partial charge in [0.1, 0.15) is 5.56 Å². The molecular formula is C14H21N3O2. The van der Waals surface area contributed by atoms with Gasteiger partial charge >= 0.3 is 0 Å². The van der Waals surface area contributed by atoms with Gasteiger partial charge < -0.3 is 14.8 Å². The van der Waals surface area contributed by atoms with Gasteiger partial charge in [-0.1, -0.05) is 0 Å². The maximum atomic E-state index is 12.5. The molecule has 0 atom stereocenters. The number of nitrogens with zero attached hydrogens (tertiary/aromatic N) is 2. The van der Waals surface area contributed by atoms with Crippen molar-refractivity contribution in [1.29, 1.82) is 0 Å². The van der Waals surface area contributed by atoms with Crippen molar-refractivity contribution < 1.29 is 4.79 Å². The lowest BCUT2D eigenvalue weighted by atomic mass is 10.1. The van der Waals surface area contributed by atoms with Crippen LogP contribution in [0.25, 0.3) is 0 Å². The van der Waals surface area contributed by atoms with Crippen molar-refractivity contribution in [3.05, 3.63) is 33.2 Å². The van der Waals surface area contributed by atoms with Gasteiger partial charge in [0, 0.05) is 38.4 Å². The molecule has 1 saturated heterocycles. The summed E-state index contributed by atoms with van der Waals surface area (Å²) in [5.74, 6) is -0.133. The van der Waals surface area contributed by atoms with Crippen LogP contribution in [0, 0.1) is 13.8 Å². The van der Waals surface area contributed by atoms with Gasteiger partial charge in [0.2, 0.25) is 0 Å². The van der Waals surface area contributed by atoms with Crippen LogP contribution in [0.1, 0.15) is 28.5 Å². The molecular weight excluding hydrogens is 242 g/mol. The fourth-order valence-corrected chi connectivity index (χ4v) is 2.61. The number of pyridine rings is 1. The minimum atomic E-state index is -0.163. The number of rotatable bonds is 2. The fraction of sp³-hybridized carbons (Fsp3) is 0.571. The Bertz CT molecular complexity index is 542. The van der Waals surface area contributed by atoms with Crippen molar-refractivity contribution in [3.8, 4) is 0 Å². The average Bonchev–Trinajstić information content (AvgIpc) is 2.39. The highest BCUT2D eigenvalue weighted by molar-refractivity contribution is 5.95. The van der Waals surface area contributed by atoms with Crippen LogP contribution in [0.15, 0.2) is 10.9 Å². The Labute approximate surface area is 113 Å². The summed E-state index contributed by atoms with van der Waals surface area (Å²) in [5, 5.41) is 3.20. The second-order valence-corrected chi connectivity index (χ2v) is 4.94. The van der Waals surface area contributed by atoms with E-state index < -0.39 is 0 Å². The number of hydrogen-bond donors (Lipinski definition) is 1. The molecule has 1 aromatic rings. The number of piperazine rings is 1. The summed E-state index contributed by atoms with van der Waals surface area (Å²) in [6.45, 7) is 9.16. The van der Waals surface area contributed by atoms with E-state index in [0.29, 0.717) is 25.2 Å². The van der Waals surface area contributed by atoms with Crippen LogP contribution in [0.3, 0.4) is 0 Å². The lowest BCUT2D eigenvalue weighted by Crippen LogP contribution is -2.48. The maximum absolute atomic E-state index is 12.5. The summed E-state index contributed by atoms with van der Waals surface area (Å²) in [7, 11) is 0. The first-order valence-corrected chi connectivity index (χ1v) is 6.77. The molecule has 0 aromatic carbocycles. The Balaban J connectivity index is 2.44. The van der Waals surface area contributed by atoms with Crippen LogP contribution in [0.4, 0.5) is 0 Å². The average molecular weight is 263 g/mol. The molecule has 1 aromatic heterocycles. The van der Waals surface area contributed by atoms with Gasteiger partial charge in [-0.25, -0.2) is 0 Å². The fourth-order valence-electron chi connectivity index (χ4n) is 2.61. The van der Waals surface area contributed by atoms with Crippen LogP contribution in [0.5, 0.6) is 0 Å². The third-order valence-corrected chi connectivity index (χ3v) is 3.64. The van der Waals surface area contributed by atoms with E-state index in [4.69, 9.17) is 0 Å². The topological polar surface area (TPSA) is 54.3 Å². The summed E-state index contributed by atoms with van der Waals surface area (Å²) in [6.07, 6.45) is 0. The second kappa shape index (κ2) is 5.57. The number of aromatic nitrogens is 1. The van der Waals surface area contributed by atoms with E-state index >= 15 is 0 Å². The molecule has 2 rings (SSSR count). The van der Waals surface area contributed by atoms with Gasteiger partial charge in [0.15, 0.2) is 0 Å². The predicted molar refractivity (Wildman–Crippen MR) is 74.6 cm³/mol. The number of hydrogen-bond acceptors (Lipinski definition) is 3. The molecule has 0 unspecified atom stereocenters. The first-order valence-electron chi connectivity index (χ1n) is 6.77. The van der Waals surface area contributed by atoms with Crippen molar-refractivity contribution >= 4 is 5.91 Å². The molecule has 0 radical (unpaired) electrons. The van der Waals surface area contributed by atoms with Crippen LogP contribution < -0.4 is 10.9 Å². The van der Waals surface area contributed by atoms with Gasteiger partial charge in [-0.15, -0.1) is 0 Å². The minimum Gasteiger partial charge on any atom is -0.336 e. The van der Waals surface area contributed by atoms with Gasteiger partial charge in [0.05, 0.1) is 0 Å². The summed E-state index contributed by atoms with van der Waals surface area (Å²) in [6, 6.07) is 1.92. The lowest BCUT2D eigenvalue weighted by molar-refractivity contribution is 0.0732. The molecule has 1 amide bonds. The zero-order chi connectivity index (χ0) is 14.0. The Hall–Kier alpha value is -1.62. The van der Waals surface area contributed by atoms with Gasteiger partial charge in [-0.3, -0.25) is 9.59 Å². The van der Waals surface area contributed by atoms with Crippen LogP contribution in [-0.4, -0.2) is 41.6 Å². The van der Waals surface area contributed by atoms with E-state index in [-0.39, 0.29) is 11.5 Å². The third kappa shape index (κ3) is 2.56. The standard InChI is InChI=1S/C14H21N3O2/c1-4-17-11(3)9-10(2)12(14(17)19)13(18)16-7-5-15-6-8-16/h9,15H,4-8H2,1-3H3. The monoisotopic (exact) mass is 263 g/mol. The minimum absolute atomic E-state index is 0.133. The van der Waals surface area contributed by atoms with E-state index in [0.717, 1.165) is 24.3 Å². The van der Waals surface area contributed by atoms with E-state index in [2.05, 4.69) is 5.32 Å². The maximum Gasteiger partial charge on any atom is 0.263 e. The molecule has 5 nitrogen and oxygen atoms in total. The molecule has 0 saturated carbocycles. The molecule has 0 spiro atoms. The molecule has 104 valence electrons. The quantitative estimate of drug-likeness (QED) is 0.847. The number of carbonyl (C=O) groups excluding carboxylic acids is 1. The van der Waals surface area contributed by atoms with Gasteiger partial charge in [-0.05, 0) is 32.4 Å². The molecule has 19 heavy (non-hydrogen) atoms. The zero-order valence-electron chi connectivity index (χ0n) is 11.8. The van der Waals surface area contributed by atoms with Crippen molar-refractivity contribution in [3.63, 3.8) is 0 Å². The van der Waals surface area contributed by atoms with E-state index in [1.54, 1.807) is 9.47 Å². The highest BCUT2D eigenvalue weighted by Gasteiger charge is 2.23. The number of amides is 1. The first-order chi connectivity index (χ1) is 9.06. The zero-order valence-corrected chi connectivity index (χ0v) is 11.8. The lowest BCUT2D eigenvalue weighted by Gasteiger charge is -2.28. The predicted octanol–water partition coefficient (Wildman–Crippen LogP) is 0.530. The van der Waals surface area contributed by atoms with Crippen molar-refractivity contribution in [2.75, 3.05) is 26.2 Å². The Morgan fingerprint density at radius 2 is 1.95 bits per heavy atom. The van der Waals surface area contributed by atoms with Gasteiger partial charge in [-0.2, -0.15) is 0 Å². The summed E-state index contributed by atoms with van der Waals surface area (Å²) >= 11 is 0. The highest BCUT2D eigenvalue weighted by Crippen LogP contribution is 2.10. The number of carbonyl (C=O) groups is 1. The van der Waals surface area contributed by atoms with Crippen molar-refractivity contribution in [2.45, 2.75) is 27.3 Å². The van der Waals surface area contributed by atoms with Crippen LogP contribution >= 0.6 is 0 Å². The molecule has 0 aliphatic carbocycles. The smallest absolute Gasteiger partial charge is 0.263 e. The normalized spacial score (nSPS) is 15.6. The molecule has 5 heteroatoms. The second-order valence-electron chi connectivity index (χ2n) is 4.94. The Morgan fingerprint density at radius 3 is 2.53 bits per heavy atom. The van der Waals surface area contributed by atoms with E-state index in [1.807, 2.05) is 26.8 Å². The molecule has 1 aliphatic rings. The Kier molecular flexibility index (Phi) is 4.04. The molecule has 1 N–H and O–H groups in total. The van der Waals surface area contributed by atoms with Gasteiger partial charge in [0.25, 0.3) is 11.5 Å². The SMILES string of the molecule is CCn1c(C)cc(C)c(C(=O)N2CCNCC2)c1=O. The first kappa shape index (κ1) is 13.8. The Morgan fingerprint density at radius 1 is 1.32 bits per heavy atom. The third-order valence-electron chi connectivity index (χ3n) is 3.64. The van der Waals surface area contributed by atoms with Crippen LogP contribution in [0.2, 0.25) is 0 Å².